The minimum Gasteiger partial charge on any atom is -0.494 e. The second kappa shape index (κ2) is 8.89. The van der Waals surface area contributed by atoms with Gasteiger partial charge < -0.3 is 19.1 Å². The molecule has 188 valence electrons. The summed E-state index contributed by atoms with van der Waals surface area (Å²) in [6.07, 6.45) is 4.79. The van der Waals surface area contributed by atoms with Crippen LogP contribution in [0.2, 0.25) is 0 Å². The topological polar surface area (TPSA) is 89.4 Å². The first-order valence-corrected chi connectivity index (χ1v) is 12.3. The number of aliphatic carboxylic acids is 1. The van der Waals surface area contributed by atoms with Crippen LogP contribution in [0.25, 0.3) is 27.5 Å². The molecule has 2 aromatic heterocycles. The number of hydrogen-bond acceptors (Lipinski definition) is 4. The van der Waals surface area contributed by atoms with E-state index in [9.17, 15) is 14.3 Å². The molecule has 2 aromatic carbocycles. The van der Waals surface area contributed by atoms with Gasteiger partial charge in [0.25, 0.3) is 0 Å². The van der Waals surface area contributed by atoms with E-state index in [4.69, 9.17) is 9.47 Å². The Kier molecular flexibility index (Phi) is 5.67. The number of hydrogen-bond donors (Lipinski definition) is 2. The molecule has 0 spiro atoms. The van der Waals surface area contributed by atoms with Crippen LogP contribution in [0.3, 0.4) is 0 Å². The lowest BCUT2D eigenvalue weighted by Gasteiger charge is -2.27. The second-order valence-electron chi connectivity index (χ2n) is 9.80. The Balaban J connectivity index is 1.70. The Hall–Kier alpha value is -3.46. The van der Waals surface area contributed by atoms with E-state index in [0.29, 0.717) is 60.0 Å². The number of aromatic amines is 1. The minimum atomic E-state index is -0.812. The zero-order valence-corrected chi connectivity index (χ0v) is 19.9. The van der Waals surface area contributed by atoms with E-state index in [1.165, 1.54) is 13.2 Å². The molecule has 2 aliphatic rings. The summed E-state index contributed by atoms with van der Waals surface area (Å²) in [4.78, 5) is 11.8. The molecule has 36 heavy (non-hydrogen) atoms. The normalized spacial score (nSPS) is 21.0. The van der Waals surface area contributed by atoms with E-state index in [2.05, 4.69) is 10.2 Å². The average molecular weight is 496 g/mol. The van der Waals surface area contributed by atoms with Gasteiger partial charge in [-0.2, -0.15) is 5.10 Å². The zero-order valence-electron chi connectivity index (χ0n) is 19.9. The Morgan fingerprint density at radius 3 is 2.69 bits per heavy atom. The molecular formula is C27H27F2N3O4. The average Bonchev–Trinajstić information content (AvgIpc) is 3.62. The summed E-state index contributed by atoms with van der Waals surface area (Å²) in [5.74, 6) is -2.06. The molecule has 1 saturated heterocycles. The maximum atomic E-state index is 16.2. The smallest absolute Gasteiger partial charge is 0.306 e. The minimum absolute atomic E-state index is 0.0805. The Morgan fingerprint density at radius 1 is 1.17 bits per heavy atom. The number of benzene rings is 2. The second-order valence-corrected chi connectivity index (χ2v) is 9.80. The van der Waals surface area contributed by atoms with Crippen molar-refractivity contribution in [1.82, 2.24) is 14.8 Å². The van der Waals surface area contributed by atoms with Crippen LogP contribution in [-0.2, 0) is 9.53 Å². The standard InChI is InChI=1S/C27H27F2N3O4/c1-35-21-12-18(4-5-19(21)28)32-20-11-17-13-30-31-25(17)24(29)23(20)22(15-2-3-16(10-15)27(33)34)26(32)14-6-8-36-9-7-14/h4-5,11-16H,2-3,6-10H2,1H3,(H,30,31)(H,33,34)/t15-,16-/m1/s1. The molecule has 1 aliphatic heterocycles. The van der Waals surface area contributed by atoms with Crippen molar-refractivity contribution in [1.29, 1.82) is 0 Å². The third-order valence-corrected chi connectivity index (χ3v) is 7.87. The number of nitrogens with one attached hydrogen (secondary N) is 1. The molecular weight excluding hydrogens is 468 g/mol. The summed E-state index contributed by atoms with van der Waals surface area (Å²) >= 11 is 0. The number of carbonyl (C=O) groups is 1. The van der Waals surface area contributed by atoms with Crippen LogP contribution in [0, 0.1) is 17.6 Å². The van der Waals surface area contributed by atoms with Crippen LogP contribution < -0.4 is 4.74 Å². The molecule has 1 saturated carbocycles. The summed E-state index contributed by atoms with van der Waals surface area (Å²) in [6, 6.07) is 6.57. The van der Waals surface area contributed by atoms with Crippen LogP contribution in [0.15, 0.2) is 30.5 Å². The van der Waals surface area contributed by atoms with Gasteiger partial charge in [0.1, 0.15) is 5.52 Å². The molecule has 1 aliphatic carbocycles. The van der Waals surface area contributed by atoms with Gasteiger partial charge in [-0.1, -0.05) is 0 Å². The van der Waals surface area contributed by atoms with Crippen molar-refractivity contribution in [2.75, 3.05) is 20.3 Å². The molecule has 0 radical (unpaired) electrons. The van der Waals surface area contributed by atoms with E-state index < -0.39 is 23.5 Å². The highest BCUT2D eigenvalue weighted by Gasteiger charge is 2.38. The summed E-state index contributed by atoms with van der Waals surface area (Å²) in [7, 11) is 1.42. The first-order chi connectivity index (χ1) is 17.5. The number of H-pyrrole nitrogens is 1. The van der Waals surface area contributed by atoms with E-state index >= 15 is 4.39 Å². The summed E-state index contributed by atoms with van der Waals surface area (Å²) in [5, 5.41) is 17.6. The van der Waals surface area contributed by atoms with Crippen molar-refractivity contribution in [3.05, 3.63) is 53.4 Å². The van der Waals surface area contributed by atoms with Crippen LogP contribution in [0.1, 0.15) is 55.2 Å². The molecule has 6 rings (SSSR count). The first-order valence-electron chi connectivity index (χ1n) is 12.3. The fourth-order valence-electron chi connectivity index (χ4n) is 6.17. The number of rotatable bonds is 5. The molecule has 2 fully saturated rings. The van der Waals surface area contributed by atoms with Gasteiger partial charge in [0.05, 0.1) is 24.7 Å². The van der Waals surface area contributed by atoms with Gasteiger partial charge in [0.2, 0.25) is 0 Å². The molecule has 0 unspecified atom stereocenters. The molecule has 2 N–H and O–H groups in total. The third kappa shape index (κ3) is 3.56. The number of halogens is 2. The van der Waals surface area contributed by atoms with Crippen LogP contribution in [0.5, 0.6) is 5.75 Å². The van der Waals surface area contributed by atoms with Gasteiger partial charge in [-0.25, -0.2) is 8.78 Å². The maximum Gasteiger partial charge on any atom is 0.306 e. The summed E-state index contributed by atoms with van der Waals surface area (Å²) < 4.78 is 43.5. The van der Waals surface area contributed by atoms with E-state index in [0.717, 1.165) is 24.1 Å². The predicted octanol–water partition coefficient (Wildman–Crippen LogP) is 5.66. The summed E-state index contributed by atoms with van der Waals surface area (Å²) in [5.41, 5.74) is 3.46. The monoisotopic (exact) mass is 495 g/mol. The largest absolute Gasteiger partial charge is 0.494 e. The molecule has 0 amide bonds. The molecule has 3 heterocycles. The fraction of sp³-hybridized carbons (Fsp3) is 0.407. The third-order valence-electron chi connectivity index (χ3n) is 7.87. The molecule has 9 heteroatoms. The van der Waals surface area contributed by atoms with Crippen LogP contribution >= 0.6 is 0 Å². The fourth-order valence-corrected chi connectivity index (χ4v) is 6.17. The number of carboxylic acids is 1. The number of fused-ring (bicyclic) bond motifs is 2. The predicted molar refractivity (Wildman–Crippen MR) is 130 cm³/mol. The summed E-state index contributed by atoms with van der Waals surface area (Å²) in [6.45, 7) is 1.18. The van der Waals surface area contributed by atoms with Gasteiger partial charge in [-0.05, 0) is 61.8 Å². The van der Waals surface area contributed by atoms with Crippen molar-refractivity contribution in [3.63, 3.8) is 0 Å². The molecule has 0 bridgehead atoms. The van der Waals surface area contributed by atoms with E-state index in [-0.39, 0.29) is 17.6 Å². The lowest BCUT2D eigenvalue weighted by Crippen LogP contribution is -2.19. The molecule has 7 nitrogen and oxygen atoms in total. The lowest BCUT2D eigenvalue weighted by molar-refractivity contribution is -0.141. The van der Waals surface area contributed by atoms with Crippen molar-refractivity contribution in [2.45, 2.75) is 43.9 Å². The maximum absolute atomic E-state index is 16.2. The number of ether oxygens (including phenoxy) is 2. The Labute approximate surface area is 206 Å². The van der Waals surface area contributed by atoms with Crippen molar-refractivity contribution < 1.29 is 28.2 Å². The first kappa shape index (κ1) is 23.0. The molecule has 4 aromatic rings. The SMILES string of the molecule is COc1cc(-n2c(C3CCOCC3)c([C@@H]3CC[C@@H](C(=O)O)C3)c3c(F)c4[nH]ncc4cc32)ccc1F. The number of carboxylic acid groups (broad SMARTS) is 1. The van der Waals surface area contributed by atoms with Crippen molar-refractivity contribution >= 4 is 27.8 Å². The van der Waals surface area contributed by atoms with Gasteiger partial charge in [0.15, 0.2) is 17.4 Å². The number of methoxy groups -OCH3 is 1. The van der Waals surface area contributed by atoms with Crippen LogP contribution in [0.4, 0.5) is 8.78 Å². The van der Waals surface area contributed by atoms with E-state index in [1.807, 2.05) is 10.6 Å². The Morgan fingerprint density at radius 2 is 1.97 bits per heavy atom. The highest BCUT2D eigenvalue weighted by Crippen LogP contribution is 2.49. The number of aromatic nitrogens is 3. The van der Waals surface area contributed by atoms with Crippen molar-refractivity contribution in [2.24, 2.45) is 5.92 Å². The highest BCUT2D eigenvalue weighted by molar-refractivity contribution is 6.00. The zero-order chi connectivity index (χ0) is 25.0. The van der Waals surface area contributed by atoms with Gasteiger partial charge in [0, 0.05) is 47.4 Å². The quantitative estimate of drug-likeness (QED) is 0.373. The van der Waals surface area contributed by atoms with E-state index in [1.54, 1.807) is 18.3 Å². The van der Waals surface area contributed by atoms with Crippen molar-refractivity contribution in [3.8, 4) is 11.4 Å². The van der Waals surface area contributed by atoms with Gasteiger partial charge >= 0.3 is 5.97 Å². The van der Waals surface area contributed by atoms with Gasteiger partial charge in [-0.15, -0.1) is 0 Å². The number of nitrogens with zero attached hydrogens (tertiary/aromatic N) is 2. The Bertz CT molecular complexity index is 1470. The molecule has 2 atom stereocenters. The highest BCUT2D eigenvalue weighted by atomic mass is 19.1. The lowest BCUT2D eigenvalue weighted by atomic mass is 9.86. The van der Waals surface area contributed by atoms with Gasteiger partial charge in [-0.3, -0.25) is 9.89 Å². The van der Waals surface area contributed by atoms with Crippen LogP contribution in [-0.4, -0.2) is 46.2 Å².